The lowest BCUT2D eigenvalue weighted by atomic mass is 10.2. The van der Waals surface area contributed by atoms with E-state index in [1.807, 2.05) is 33.0 Å². The Bertz CT molecular complexity index is 378. The summed E-state index contributed by atoms with van der Waals surface area (Å²) in [4.78, 5) is 6.22. The molecule has 0 bridgehead atoms. The van der Waals surface area contributed by atoms with Crippen molar-refractivity contribution in [3.05, 3.63) is 24.0 Å². The van der Waals surface area contributed by atoms with Gasteiger partial charge in [-0.1, -0.05) is 5.16 Å². The molecular weight excluding hydrogens is 204 g/mol. The van der Waals surface area contributed by atoms with Gasteiger partial charge in [-0.05, 0) is 26.0 Å². The van der Waals surface area contributed by atoms with Crippen molar-refractivity contribution in [3.63, 3.8) is 0 Å². The standard InChI is InChI=1S/C11H18N4O/c1-8-6-10(4-5-13-8)15(3)9(2)7-11(12)14-16/h4-6,9,16H,7H2,1-3H3,(H2,12,14). The molecule has 1 aromatic heterocycles. The maximum atomic E-state index is 8.51. The van der Waals surface area contributed by atoms with E-state index < -0.39 is 0 Å². The van der Waals surface area contributed by atoms with Crippen molar-refractivity contribution in [2.45, 2.75) is 26.3 Å². The van der Waals surface area contributed by atoms with Gasteiger partial charge < -0.3 is 15.8 Å². The summed E-state index contributed by atoms with van der Waals surface area (Å²) in [6, 6.07) is 4.11. The number of amidine groups is 1. The summed E-state index contributed by atoms with van der Waals surface area (Å²) in [7, 11) is 1.98. The van der Waals surface area contributed by atoms with Gasteiger partial charge in [-0.25, -0.2) is 0 Å². The summed E-state index contributed by atoms with van der Waals surface area (Å²) >= 11 is 0. The minimum absolute atomic E-state index is 0.165. The van der Waals surface area contributed by atoms with E-state index in [2.05, 4.69) is 15.0 Å². The quantitative estimate of drug-likeness (QED) is 0.349. The number of oxime groups is 1. The lowest BCUT2D eigenvalue weighted by molar-refractivity contribution is 0.316. The second kappa shape index (κ2) is 5.34. The second-order valence-corrected chi connectivity index (χ2v) is 3.91. The van der Waals surface area contributed by atoms with Gasteiger partial charge in [-0.2, -0.15) is 0 Å². The predicted molar refractivity (Wildman–Crippen MR) is 64.9 cm³/mol. The Kier molecular flexibility index (Phi) is 4.10. The molecule has 0 radical (unpaired) electrons. The highest BCUT2D eigenvalue weighted by molar-refractivity contribution is 5.80. The number of anilines is 1. The molecule has 0 aliphatic carbocycles. The normalized spacial score (nSPS) is 13.6. The second-order valence-electron chi connectivity index (χ2n) is 3.91. The van der Waals surface area contributed by atoms with Crippen molar-refractivity contribution >= 4 is 11.5 Å². The van der Waals surface area contributed by atoms with Crippen molar-refractivity contribution in [2.24, 2.45) is 10.9 Å². The number of nitrogens with two attached hydrogens (primary N) is 1. The molecule has 5 heteroatoms. The van der Waals surface area contributed by atoms with Crippen LogP contribution in [0.2, 0.25) is 0 Å². The van der Waals surface area contributed by atoms with Crippen LogP contribution in [0.1, 0.15) is 19.0 Å². The zero-order chi connectivity index (χ0) is 12.1. The highest BCUT2D eigenvalue weighted by Gasteiger charge is 2.12. The van der Waals surface area contributed by atoms with E-state index in [1.54, 1.807) is 6.20 Å². The maximum Gasteiger partial charge on any atom is 0.141 e. The van der Waals surface area contributed by atoms with Crippen molar-refractivity contribution in [1.29, 1.82) is 0 Å². The Morgan fingerprint density at radius 2 is 2.38 bits per heavy atom. The van der Waals surface area contributed by atoms with Crippen LogP contribution >= 0.6 is 0 Å². The fraction of sp³-hybridized carbons (Fsp3) is 0.455. The van der Waals surface area contributed by atoms with Crippen molar-refractivity contribution in [1.82, 2.24) is 4.98 Å². The van der Waals surface area contributed by atoms with Crippen LogP contribution < -0.4 is 10.6 Å². The van der Waals surface area contributed by atoms with Gasteiger partial charge in [-0.3, -0.25) is 4.98 Å². The first-order valence-electron chi connectivity index (χ1n) is 5.16. The number of hydrogen-bond acceptors (Lipinski definition) is 4. The fourth-order valence-corrected chi connectivity index (χ4v) is 1.48. The van der Waals surface area contributed by atoms with Crippen LogP contribution in [-0.4, -0.2) is 29.1 Å². The number of aromatic nitrogens is 1. The van der Waals surface area contributed by atoms with Crippen LogP contribution in [0.15, 0.2) is 23.5 Å². The molecule has 0 aromatic carbocycles. The summed E-state index contributed by atoms with van der Waals surface area (Å²) in [5, 5.41) is 11.5. The minimum atomic E-state index is 0.165. The molecule has 0 aliphatic rings. The van der Waals surface area contributed by atoms with Crippen LogP contribution in [0, 0.1) is 6.92 Å². The highest BCUT2D eigenvalue weighted by Crippen LogP contribution is 2.16. The van der Waals surface area contributed by atoms with E-state index in [0.29, 0.717) is 6.42 Å². The van der Waals surface area contributed by atoms with Crippen LogP contribution in [0.4, 0.5) is 5.69 Å². The molecule has 0 amide bonds. The average Bonchev–Trinajstić information content (AvgIpc) is 2.27. The third-order valence-electron chi connectivity index (χ3n) is 2.58. The van der Waals surface area contributed by atoms with Crippen LogP contribution in [-0.2, 0) is 0 Å². The fourth-order valence-electron chi connectivity index (χ4n) is 1.48. The summed E-state index contributed by atoms with van der Waals surface area (Å²) in [6.45, 7) is 3.97. The van der Waals surface area contributed by atoms with Crippen molar-refractivity contribution in [2.75, 3.05) is 11.9 Å². The average molecular weight is 222 g/mol. The predicted octanol–water partition coefficient (Wildman–Crippen LogP) is 1.35. The molecule has 1 rings (SSSR count). The van der Waals surface area contributed by atoms with Crippen molar-refractivity contribution < 1.29 is 5.21 Å². The van der Waals surface area contributed by atoms with E-state index >= 15 is 0 Å². The van der Waals surface area contributed by atoms with Gasteiger partial charge in [-0.15, -0.1) is 0 Å². The van der Waals surface area contributed by atoms with E-state index in [1.165, 1.54) is 0 Å². The van der Waals surface area contributed by atoms with Crippen molar-refractivity contribution in [3.8, 4) is 0 Å². The van der Waals surface area contributed by atoms with Gasteiger partial charge in [0.15, 0.2) is 0 Å². The number of pyridine rings is 1. The molecule has 1 aromatic rings. The van der Waals surface area contributed by atoms with Gasteiger partial charge in [0.1, 0.15) is 5.84 Å². The molecule has 1 heterocycles. The third-order valence-corrected chi connectivity index (χ3v) is 2.58. The molecule has 0 saturated carbocycles. The first-order chi connectivity index (χ1) is 7.54. The summed E-state index contributed by atoms with van der Waals surface area (Å²) in [5.41, 5.74) is 7.53. The summed E-state index contributed by atoms with van der Waals surface area (Å²) in [5.74, 6) is 0.241. The molecule has 0 spiro atoms. The zero-order valence-corrected chi connectivity index (χ0v) is 9.88. The van der Waals surface area contributed by atoms with E-state index in [0.717, 1.165) is 11.4 Å². The van der Waals surface area contributed by atoms with Crippen LogP contribution in [0.3, 0.4) is 0 Å². The molecule has 0 saturated heterocycles. The number of nitrogens with zero attached hydrogens (tertiary/aromatic N) is 3. The van der Waals surface area contributed by atoms with Gasteiger partial charge in [0.05, 0.1) is 0 Å². The molecule has 5 nitrogen and oxygen atoms in total. The van der Waals surface area contributed by atoms with Crippen LogP contribution in [0.5, 0.6) is 0 Å². The molecule has 1 unspecified atom stereocenters. The summed E-state index contributed by atoms with van der Waals surface area (Å²) in [6.07, 6.45) is 2.30. The lowest BCUT2D eigenvalue weighted by Gasteiger charge is -2.26. The van der Waals surface area contributed by atoms with Gasteiger partial charge in [0, 0.05) is 37.1 Å². The van der Waals surface area contributed by atoms with Gasteiger partial charge in [0.2, 0.25) is 0 Å². The van der Waals surface area contributed by atoms with E-state index in [9.17, 15) is 0 Å². The molecule has 0 aliphatic heterocycles. The Hall–Kier alpha value is -1.78. The number of hydrogen-bond donors (Lipinski definition) is 2. The monoisotopic (exact) mass is 222 g/mol. The van der Waals surface area contributed by atoms with Crippen LogP contribution in [0.25, 0.3) is 0 Å². The lowest BCUT2D eigenvalue weighted by Crippen LogP contribution is -2.33. The summed E-state index contributed by atoms with van der Waals surface area (Å²) < 4.78 is 0. The smallest absolute Gasteiger partial charge is 0.141 e. The van der Waals surface area contributed by atoms with E-state index in [4.69, 9.17) is 10.9 Å². The zero-order valence-electron chi connectivity index (χ0n) is 9.88. The van der Waals surface area contributed by atoms with E-state index in [-0.39, 0.29) is 11.9 Å². The molecule has 88 valence electrons. The Labute approximate surface area is 95.6 Å². The Balaban J connectivity index is 2.74. The highest BCUT2D eigenvalue weighted by atomic mass is 16.4. The molecular formula is C11H18N4O. The topological polar surface area (TPSA) is 74.7 Å². The molecule has 16 heavy (non-hydrogen) atoms. The van der Waals surface area contributed by atoms with Gasteiger partial charge in [0.25, 0.3) is 0 Å². The largest absolute Gasteiger partial charge is 0.409 e. The SMILES string of the molecule is Cc1cc(N(C)C(C)C/C(N)=N/O)ccn1. The molecule has 0 fully saturated rings. The minimum Gasteiger partial charge on any atom is -0.409 e. The molecule has 1 atom stereocenters. The maximum absolute atomic E-state index is 8.51. The van der Waals surface area contributed by atoms with Gasteiger partial charge >= 0.3 is 0 Å². The molecule has 3 N–H and O–H groups in total. The Morgan fingerprint density at radius 1 is 1.69 bits per heavy atom. The first kappa shape index (κ1) is 12.3. The first-order valence-corrected chi connectivity index (χ1v) is 5.16. The Morgan fingerprint density at radius 3 is 2.94 bits per heavy atom. The number of aryl methyl sites for hydroxylation is 1. The number of rotatable bonds is 4. The third kappa shape index (κ3) is 3.12.